The van der Waals surface area contributed by atoms with Crippen molar-refractivity contribution in [3.05, 3.63) is 23.8 Å². The summed E-state index contributed by atoms with van der Waals surface area (Å²) < 4.78 is 43.6. The molecule has 112 valence electrons. The fraction of sp³-hybridized carbons (Fsp3) is 0.462. The van der Waals surface area contributed by atoms with Crippen LogP contribution in [0, 0.1) is 0 Å². The highest BCUT2D eigenvalue weighted by molar-refractivity contribution is 5.92. The van der Waals surface area contributed by atoms with Crippen molar-refractivity contribution < 1.29 is 22.7 Å². The average molecular weight is 290 g/mol. The maximum atomic E-state index is 12.8. The molecular formula is C13H17F3N2O2. The standard InChI is InChI=1S/C13H17F3N2O2/c1-12(2,3)20-7-11(19)18-10-5-4-8(17)6-9(10)13(14,15)16/h4-6H,7,17H2,1-3H3,(H,18,19). The SMILES string of the molecule is CC(C)(C)OCC(=O)Nc1ccc(N)cc1C(F)(F)F. The topological polar surface area (TPSA) is 64.3 Å². The van der Waals surface area contributed by atoms with Gasteiger partial charge in [-0.05, 0) is 39.0 Å². The zero-order valence-electron chi connectivity index (χ0n) is 11.5. The van der Waals surface area contributed by atoms with Crippen molar-refractivity contribution in [3.63, 3.8) is 0 Å². The van der Waals surface area contributed by atoms with E-state index in [-0.39, 0.29) is 18.0 Å². The van der Waals surface area contributed by atoms with Crippen molar-refractivity contribution in [1.29, 1.82) is 0 Å². The van der Waals surface area contributed by atoms with Crippen molar-refractivity contribution in [2.24, 2.45) is 0 Å². The Balaban J connectivity index is 2.85. The molecule has 7 heteroatoms. The lowest BCUT2D eigenvalue weighted by Gasteiger charge is -2.20. The van der Waals surface area contributed by atoms with Crippen molar-refractivity contribution in [2.75, 3.05) is 17.7 Å². The highest BCUT2D eigenvalue weighted by Crippen LogP contribution is 2.36. The smallest absolute Gasteiger partial charge is 0.399 e. The normalized spacial score (nSPS) is 12.3. The summed E-state index contributed by atoms with van der Waals surface area (Å²) in [5.74, 6) is -0.657. The van der Waals surface area contributed by atoms with Crippen molar-refractivity contribution in [1.82, 2.24) is 0 Å². The molecule has 1 aromatic rings. The Kier molecular flexibility index (Phi) is 4.65. The van der Waals surface area contributed by atoms with Crippen LogP contribution in [0.1, 0.15) is 26.3 Å². The van der Waals surface area contributed by atoms with E-state index in [0.29, 0.717) is 0 Å². The summed E-state index contributed by atoms with van der Waals surface area (Å²) in [5, 5.41) is 2.18. The molecule has 0 heterocycles. The predicted molar refractivity (Wildman–Crippen MR) is 70.2 cm³/mol. The lowest BCUT2D eigenvalue weighted by Crippen LogP contribution is -2.27. The first-order chi connectivity index (χ1) is 8.99. The van der Waals surface area contributed by atoms with Gasteiger partial charge >= 0.3 is 6.18 Å². The molecule has 20 heavy (non-hydrogen) atoms. The highest BCUT2D eigenvalue weighted by atomic mass is 19.4. The van der Waals surface area contributed by atoms with Crippen LogP contribution in [0.2, 0.25) is 0 Å². The van der Waals surface area contributed by atoms with Gasteiger partial charge in [0.15, 0.2) is 0 Å². The maximum Gasteiger partial charge on any atom is 0.418 e. The Morgan fingerprint density at radius 1 is 1.30 bits per heavy atom. The highest BCUT2D eigenvalue weighted by Gasteiger charge is 2.34. The maximum absolute atomic E-state index is 12.8. The van der Waals surface area contributed by atoms with Gasteiger partial charge in [0, 0.05) is 5.69 Å². The number of carbonyl (C=O) groups is 1. The molecule has 0 aliphatic carbocycles. The fourth-order valence-electron chi connectivity index (χ4n) is 1.37. The Morgan fingerprint density at radius 3 is 2.40 bits per heavy atom. The first kappa shape index (κ1) is 16.3. The van der Waals surface area contributed by atoms with Crippen molar-refractivity contribution in [3.8, 4) is 0 Å². The second kappa shape index (κ2) is 5.70. The van der Waals surface area contributed by atoms with E-state index in [1.165, 1.54) is 6.07 Å². The Morgan fingerprint density at radius 2 is 1.90 bits per heavy atom. The number of nitrogen functional groups attached to an aromatic ring is 1. The van der Waals surface area contributed by atoms with Crippen molar-refractivity contribution in [2.45, 2.75) is 32.5 Å². The van der Waals surface area contributed by atoms with Crippen LogP contribution in [-0.2, 0) is 15.7 Å². The monoisotopic (exact) mass is 290 g/mol. The molecule has 0 aliphatic rings. The van der Waals surface area contributed by atoms with Crippen LogP contribution in [0.5, 0.6) is 0 Å². The van der Waals surface area contributed by atoms with Crippen LogP contribution < -0.4 is 11.1 Å². The first-order valence-corrected chi connectivity index (χ1v) is 5.89. The van der Waals surface area contributed by atoms with Crippen LogP contribution in [-0.4, -0.2) is 18.1 Å². The lowest BCUT2D eigenvalue weighted by atomic mass is 10.1. The van der Waals surface area contributed by atoms with E-state index in [1.54, 1.807) is 20.8 Å². The lowest BCUT2D eigenvalue weighted by molar-refractivity contribution is -0.137. The molecule has 1 rings (SSSR count). The molecule has 0 atom stereocenters. The summed E-state index contributed by atoms with van der Waals surface area (Å²) in [6.45, 7) is 4.89. The van der Waals surface area contributed by atoms with E-state index >= 15 is 0 Å². The molecule has 1 aromatic carbocycles. The van der Waals surface area contributed by atoms with Gasteiger partial charge < -0.3 is 15.8 Å². The van der Waals surface area contributed by atoms with Gasteiger partial charge in [0.2, 0.25) is 5.91 Å². The molecule has 0 unspecified atom stereocenters. The summed E-state index contributed by atoms with van der Waals surface area (Å²) in [7, 11) is 0. The zero-order valence-corrected chi connectivity index (χ0v) is 11.5. The zero-order chi connectivity index (χ0) is 15.6. The number of hydrogen-bond acceptors (Lipinski definition) is 3. The quantitative estimate of drug-likeness (QED) is 0.841. The molecule has 0 aromatic heterocycles. The second-order valence-corrected chi connectivity index (χ2v) is 5.25. The van der Waals surface area contributed by atoms with Gasteiger partial charge in [-0.25, -0.2) is 0 Å². The van der Waals surface area contributed by atoms with E-state index in [4.69, 9.17) is 10.5 Å². The molecule has 4 nitrogen and oxygen atoms in total. The number of carbonyl (C=O) groups excluding carboxylic acids is 1. The number of anilines is 2. The van der Waals surface area contributed by atoms with Gasteiger partial charge in [-0.1, -0.05) is 0 Å². The number of benzene rings is 1. The summed E-state index contributed by atoms with van der Waals surface area (Å²) in [6, 6.07) is 3.18. The Bertz CT molecular complexity index is 493. The van der Waals surface area contributed by atoms with Gasteiger partial charge in [-0.2, -0.15) is 13.2 Å². The van der Waals surface area contributed by atoms with E-state index in [0.717, 1.165) is 12.1 Å². The number of alkyl halides is 3. The number of ether oxygens (including phenoxy) is 1. The molecule has 0 bridgehead atoms. The molecule has 0 fully saturated rings. The van der Waals surface area contributed by atoms with Gasteiger partial charge in [-0.3, -0.25) is 4.79 Å². The molecule has 0 saturated carbocycles. The van der Waals surface area contributed by atoms with Crippen LogP contribution >= 0.6 is 0 Å². The predicted octanol–water partition coefficient (Wildman–Crippen LogP) is 3.04. The summed E-state index contributed by atoms with van der Waals surface area (Å²) in [6.07, 6.45) is -4.59. The number of halogens is 3. The number of hydrogen-bond donors (Lipinski definition) is 2. The minimum atomic E-state index is -4.59. The average Bonchev–Trinajstić information content (AvgIpc) is 2.26. The van der Waals surface area contributed by atoms with E-state index in [9.17, 15) is 18.0 Å². The third-order valence-corrected chi connectivity index (χ3v) is 2.26. The van der Waals surface area contributed by atoms with Gasteiger partial charge in [0.1, 0.15) is 6.61 Å². The number of amides is 1. The molecule has 1 amide bonds. The van der Waals surface area contributed by atoms with E-state index in [2.05, 4.69) is 5.32 Å². The summed E-state index contributed by atoms with van der Waals surface area (Å²) in [5.41, 5.74) is 3.43. The minimum absolute atomic E-state index is 0.0266. The third kappa shape index (κ3) is 5.08. The molecule has 0 aliphatic heterocycles. The first-order valence-electron chi connectivity index (χ1n) is 5.89. The summed E-state index contributed by atoms with van der Waals surface area (Å²) >= 11 is 0. The van der Waals surface area contributed by atoms with E-state index < -0.39 is 23.2 Å². The van der Waals surface area contributed by atoms with Crippen LogP contribution in [0.4, 0.5) is 24.5 Å². The van der Waals surface area contributed by atoms with Gasteiger partial charge in [0.25, 0.3) is 0 Å². The van der Waals surface area contributed by atoms with Gasteiger partial charge in [-0.15, -0.1) is 0 Å². The van der Waals surface area contributed by atoms with Crippen LogP contribution in [0.3, 0.4) is 0 Å². The molecule has 3 N–H and O–H groups in total. The number of nitrogens with two attached hydrogens (primary N) is 1. The molecule has 0 spiro atoms. The molecular weight excluding hydrogens is 273 g/mol. The van der Waals surface area contributed by atoms with Gasteiger partial charge in [0.05, 0.1) is 16.9 Å². The largest absolute Gasteiger partial charge is 0.418 e. The van der Waals surface area contributed by atoms with E-state index in [1.807, 2.05) is 0 Å². The number of rotatable bonds is 3. The fourth-order valence-corrected chi connectivity index (χ4v) is 1.37. The van der Waals surface area contributed by atoms with Crippen LogP contribution in [0.15, 0.2) is 18.2 Å². The third-order valence-electron chi connectivity index (χ3n) is 2.26. The molecule has 0 radical (unpaired) electrons. The Labute approximate surface area is 115 Å². The van der Waals surface area contributed by atoms with Crippen molar-refractivity contribution >= 4 is 17.3 Å². The van der Waals surface area contributed by atoms with Crippen LogP contribution in [0.25, 0.3) is 0 Å². The molecule has 0 saturated heterocycles. The second-order valence-electron chi connectivity index (χ2n) is 5.25. The minimum Gasteiger partial charge on any atom is -0.399 e. The summed E-state index contributed by atoms with van der Waals surface area (Å²) in [4.78, 5) is 11.6. The number of nitrogens with one attached hydrogen (secondary N) is 1. The Hall–Kier alpha value is -1.76.